The fourth-order valence-corrected chi connectivity index (χ4v) is 3.24. The summed E-state index contributed by atoms with van der Waals surface area (Å²) in [6.45, 7) is 1.25. The Morgan fingerprint density at radius 1 is 1.30 bits per heavy atom. The number of pyridine rings is 1. The SMILES string of the molecule is COC(=O)N1CCC(c2noc(-c3ccnc(-c4cnn(C)c4)c3)n2)CC1. The average Bonchev–Trinajstić information content (AvgIpc) is 3.37. The Balaban J connectivity index is 1.49. The zero-order chi connectivity index (χ0) is 18.8. The van der Waals surface area contributed by atoms with E-state index in [4.69, 9.17) is 9.26 Å². The summed E-state index contributed by atoms with van der Waals surface area (Å²) in [5.74, 6) is 1.31. The van der Waals surface area contributed by atoms with Crippen molar-refractivity contribution in [1.82, 2.24) is 29.8 Å². The lowest BCUT2D eigenvalue weighted by molar-refractivity contribution is 0.111. The molecule has 0 radical (unpaired) electrons. The first-order valence-electron chi connectivity index (χ1n) is 8.76. The van der Waals surface area contributed by atoms with E-state index in [0.29, 0.717) is 24.8 Å². The first-order valence-corrected chi connectivity index (χ1v) is 8.76. The largest absolute Gasteiger partial charge is 0.453 e. The number of rotatable bonds is 3. The van der Waals surface area contributed by atoms with E-state index < -0.39 is 0 Å². The maximum Gasteiger partial charge on any atom is 0.409 e. The maximum atomic E-state index is 11.6. The minimum absolute atomic E-state index is 0.169. The molecule has 4 rings (SSSR count). The van der Waals surface area contributed by atoms with E-state index in [9.17, 15) is 4.79 Å². The Bertz CT molecular complexity index is 942. The number of carbonyl (C=O) groups is 1. The second-order valence-electron chi connectivity index (χ2n) is 6.52. The van der Waals surface area contributed by atoms with Gasteiger partial charge in [-0.3, -0.25) is 9.67 Å². The van der Waals surface area contributed by atoms with Crippen molar-refractivity contribution in [3.8, 4) is 22.7 Å². The van der Waals surface area contributed by atoms with Gasteiger partial charge in [-0.05, 0) is 25.0 Å². The second kappa shape index (κ2) is 7.18. The molecule has 3 aromatic heterocycles. The molecule has 0 aliphatic carbocycles. The van der Waals surface area contributed by atoms with E-state index in [1.165, 1.54) is 7.11 Å². The van der Waals surface area contributed by atoms with Crippen molar-refractivity contribution in [2.75, 3.05) is 20.2 Å². The van der Waals surface area contributed by atoms with Gasteiger partial charge < -0.3 is 14.2 Å². The molecule has 1 fully saturated rings. The lowest BCUT2D eigenvalue weighted by atomic mass is 9.96. The molecular formula is C18H20N6O3. The van der Waals surface area contributed by atoms with Crippen LogP contribution >= 0.6 is 0 Å². The van der Waals surface area contributed by atoms with Crippen LogP contribution in [0.3, 0.4) is 0 Å². The van der Waals surface area contributed by atoms with Gasteiger partial charge in [0.1, 0.15) is 0 Å². The summed E-state index contributed by atoms with van der Waals surface area (Å²) in [6, 6.07) is 3.76. The number of hydrogen-bond donors (Lipinski definition) is 0. The molecule has 140 valence electrons. The van der Waals surface area contributed by atoms with E-state index in [2.05, 4.69) is 20.2 Å². The molecule has 0 spiro atoms. The molecular weight excluding hydrogens is 348 g/mol. The van der Waals surface area contributed by atoms with Crippen LogP contribution in [0.5, 0.6) is 0 Å². The number of amides is 1. The van der Waals surface area contributed by atoms with Gasteiger partial charge >= 0.3 is 6.09 Å². The molecule has 0 bridgehead atoms. The smallest absolute Gasteiger partial charge is 0.409 e. The highest BCUT2D eigenvalue weighted by Gasteiger charge is 2.27. The number of piperidine rings is 1. The van der Waals surface area contributed by atoms with Gasteiger partial charge in [-0.25, -0.2) is 4.79 Å². The van der Waals surface area contributed by atoms with Gasteiger partial charge in [-0.15, -0.1) is 0 Å². The zero-order valence-corrected chi connectivity index (χ0v) is 15.2. The van der Waals surface area contributed by atoms with E-state index in [1.54, 1.807) is 22.0 Å². The van der Waals surface area contributed by atoms with Crippen LogP contribution in [0.25, 0.3) is 22.7 Å². The molecule has 4 heterocycles. The number of ether oxygens (including phenoxy) is 1. The number of likely N-dealkylation sites (tertiary alicyclic amines) is 1. The fraction of sp³-hybridized carbons (Fsp3) is 0.389. The highest BCUT2D eigenvalue weighted by atomic mass is 16.5. The predicted octanol–water partition coefficient (Wildman–Crippen LogP) is 2.48. The molecule has 1 amide bonds. The Morgan fingerprint density at radius 3 is 2.81 bits per heavy atom. The number of carbonyl (C=O) groups excluding carboxylic acids is 1. The van der Waals surface area contributed by atoms with Crippen molar-refractivity contribution in [3.63, 3.8) is 0 Å². The fourth-order valence-electron chi connectivity index (χ4n) is 3.24. The van der Waals surface area contributed by atoms with Crippen molar-refractivity contribution in [3.05, 3.63) is 36.5 Å². The van der Waals surface area contributed by atoms with Crippen LogP contribution in [0.4, 0.5) is 4.79 Å². The molecule has 0 N–H and O–H groups in total. The maximum absolute atomic E-state index is 11.6. The topological polar surface area (TPSA) is 99.2 Å². The lowest BCUT2D eigenvalue weighted by Gasteiger charge is -2.29. The normalized spacial score (nSPS) is 15.1. The van der Waals surface area contributed by atoms with Gasteiger partial charge in [0.2, 0.25) is 0 Å². The van der Waals surface area contributed by atoms with E-state index >= 15 is 0 Å². The third-order valence-electron chi connectivity index (χ3n) is 4.74. The summed E-state index contributed by atoms with van der Waals surface area (Å²) >= 11 is 0. The minimum atomic E-state index is -0.290. The number of methoxy groups -OCH3 is 1. The van der Waals surface area contributed by atoms with Crippen molar-refractivity contribution < 1.29 is 14.1 Å². The third kappa shape index (κ3) is 3.53. The molecule has 9 nitrogen and oxygen atoms in total. The van der Waals surface area contributed by atoms with Crippen LogP contribution in [-0.4, -0.2) is 56.1 Å². The van der Waals surface area contributed by atoms with Crippen LogP contribution in [0.2, 0.25) is 0 Å². The number of nitrogens with zero attached hydrogens (tertiary/aromatic N) is 6. The molecule has 1 saturated heterocycles. The average molecular weight is 368 g/mol. The van der Waals surface area contributed by atoms with Gasteiger partial charge in [-0.2, -0.15) is 10.1 Å². The van der Waals surface area contributed by atoms with Gasteiger partial charge in [0.15, 0.2) is 5.82 Å². The van der Waals surface area contributed by atoms with Gasteiger partial charge in [0.25, 0.3) is 5.89 Å². The van der Waals surface area contributed by atoms with Crippen molar-refractivity contribution in [2.45, 2.75) is 18.8 Å². The molecule has 1 aliphatic heterocycles. The molecule has 0 aromatic carbocycles. The summed E-state index contributed by atoms with van der Waals surface area (Å²) in [6.07, 6.45) is 6.66. The molecule has 0 saturated carbocycles. The molecule has 0 atom stereocenters. The monoisotopic (exact) mass is 368 g/mol. The van der Waals surface area contributed by atoms with Crippen LogP contribution in [0.1, 0.15) is 24.6 Å². The molecule has 9 heteroatoms. The van der Waals surface area contributed by atoms with Crippen molar-refractivity contribution >= 4 is 6.09 Å². The van der Waals surface area contributed by atoms with Crippen LogP contribution in [-0.2, 0) is 11.8 Å². The Morgan fingerprint density at radius 2 is 2.11 bits per heavy atom. The second-order valence-corrected chi connectivity index (χ2v) is 6.52. The quantitative estimate of drug-likeness (QED) is 0.700. The number of aromatic nitrogens is 5. The van der Waals surface area contributed by atoms with Crippen molar-refractivity contribution in [2.24, 2.45) is 7.05 Å². The van der Waals surface area contributed by atoms with Gasteiger partial charge in [-0.1, -0.05) is 5.16 Å². The Labute approximate surface area is 156 Å². The molecule has 3 aromatic rings. The minimum Gasteiger partial charge on any atom is -0.453 e. The summed E-state index contributed by atoms with van der Waals surface area (Å²) in [5.41, 5.74) is 2.54. The standard InChI is InChI=1S/C18H20N6O3/c1-23-11-14(10-20-23)15-9-13(3-6-19-15)17-21-16(22-27-17)12-4-7-24(8-5-12)18(25)26-2/h3,6,9-12H,4-5,7-8H2,1-2H3. The first kappa shape index (κ1) is 17.2. The zero-order valence-electron chi connectivity index (χ0n) is 15.2. The summed E-state index contributed by atoms with van der Waals surface area (Å²) < 4.78 is 12.0. The summed E-state index contributed by atoms with van der Waals surface area (Å²) in [7, 11) is 3.26. The Kier molecular flexibility index (Phi) is 4.57. The number of hydrogen-bond acceptors (Lipinski definition) is 7. The lowest BCUT2D eigenvalue weighted by Crippen LogP contribution is -2.37. The van der Waals surface area contributed by atoms with Crippen molar-refractivity contribution in [1.29, 1.82) is 0 Å². The van der Waals surface area contributed by atoms with Crippen LogP contribution in [0.15, 0.2) is 35.2 Å². The Hall–Kier alpha value is -3.23. The van der Waals surface area contributed by atoms with Gasteiger partial charge in [0, 0.05) is 49.6 Å². The van der Waals surface area contributed by atoms with Crippen LogP contribution < -0.4 is 0 Å². The summed E-state index contributed by atoms with van der Waals surface area (Å²) in [5, 5.41) is 8.33. The van der Waals surface area contributed by atoms with Crippen LogP contribution in [0, 0.1) is 0 Å². The van der Waals surface area contributed by atoms with Gasteiger partial charge in [0.05, 0.1) is 19.0 Å². The highest BCUT2D eigenvalue weighted by Crippen LogP contribution is 2.29. The number of aryl methyl sites for hydroxylation is 1. The molecule has 1 aliphatic rings. The predicted molar refractivity (Wildman–Crippen MR) is 95.7 cm³/mol. The van der Waals surface area contributed by atoms with E-state index in [1.807, 2.05) is 25.4 Å². The molecule has 27 heavy (non-hydrogen) atoms. The third-order valence-corrected chi connectivity index (χ3v) is 4.74. The summed E-state index contributed by atoms with van der Waals surface area (Å²) in [4.78, 5) is 22.2. The first-order chi connectivity index (χ1) is 13.1. The van der Waals surface area contributed by atoms with E-state index in [-0.39, 0.29) is 12.0 Å². The van der Waals surface area contributed by atoms with E-state index in [0.717, 1.165) is 29.7 Å². The molecule has 0 unspecified atom stereocenters. The highest BCUT2D eigenvalue weighted by molar-refractivity contribution is 5.67.